The molecule has 1 atom stereocenters. The lowest BCUT2D eigenvalue weighted by Gasteiger charge is -2.27. The lowest BCUT2D eigenvalue weighted by Crippen LogP contribution is -2.31. The zero-order valence-electron chi connectivity index (χ0n) is 20.0. The van der Waals surface area contributed by atoms with Crippen molar-refractivity contribution in [1.29, 1.82) is 5.41 Å². The van der Waals surface area contributed by atoms with Gasteiger partial charge in [-0.15, -0.1) is 0 Å². The molecule has 1 unspecified atom stereocenters. The first-order valence-corrected chi connectivity index (χ1v) is 11.4. The van der Waals surface area contributed by atoms with Gasteiger partial charge in [-0.1, -0.05) is 11.2 Å². The number of nitrogens with one attached hydrogen (secondary N) is 2. The summed E-state index contributed by atoms with van der Waals surface area (Å²) in [5.74, 6) is 1.39. The lowest BCUT2D eigenvalue weighted by molar-refractivity contribution is -0.119. The first kappa shape index (κ1) is 24.9. The molecule has 4 rings (SSSR count). The number of carbonyl (C=O) groups excluding carboxylic acids is 1. The van der Waals surface area contributed by atoms with E-state index < -0.39 is 0 Å². The smallest absolute Gasteiger partial charge is 0.258 e. The third kappa shape index (κ3) is 7.10. The van der Waals surface area contributed by atoms with Crippen molar-refractivity contribution in [2.45, 2.75) is 57.6 Å². The second kappa shape index (κ2) is 11.4. The van der Waals surface area contributed by atoms with E-state index in [-0.39, 0.29) is 17.6 Å². The van der Waals surface area contributed by atoms with E-state index in [0.29, 0.717) is 18.3 Å². The number of nitrogens with zero attached hydrogens (tertiary/aromatic N) is 3. The van der Waals surface area contributed by atoms with Crippen LogP contribution in [0.25, 0.3) is 11.5 Å². The molecule has 33 heavy (non-hydrogen) atoms. The van der Waals surface area contributed by atoms with Crippen molar-refractivity contribution in [1.82, 2.24) is 15.0 Å². The molecule has 2 aliphatic rings. The van der Waals surface area contributed by atoms with Gasteiger partial charge in [-0.05, 0) is 52.2 Å². The average molecular weight is 458 g/mol. The van der Waals surface area contributed by atoms with Crippen LogP contribution in [0, 0.1) is 5.41 Å². The van der Waals surface area contributed by atoms with E-state index in [1.54, 1.807) is 12.0 Å². The van der Waals surface area contributed by atoms with Crippen LogP contribution in [0.3, 0.4) is 0 Å². The maximum Gasteiger partial charge on any atom is 0.258 e. The van der Waals surface area contributed by atoms with Crippen molar-refractivity contribution in [2.24, 2.45) is 0 Å². The predicted octanol–water partition coefficient (Wildman–Crippen LogP) is 3.70. The summed E-state index contributed by atoms with van der Waals surface area (Å²) in [6.45, 7) is 8.94. The van der Waals surface area contributed by atoms with Gasteiger partial charge in [-0.3, -0.25) is 4.79 Å². The van der Waals surface area contributed by atoms with E-state index in [0.717, 1.165) is 62.2 Å². The second-order valence-electron chi connectivity index (χ2n) is 9.34. The number of rotatable bonds is 6. The number of amides is 1. The lowest BCUT2D eigenvalue weighted by atomic mass is 9.96. The molecule has 9 heteroatoms. The highest BCUT2D eigenvalue weighted by Gasteiger charge is 2.24. The molecule has 2 N–H and O–H groups in total. The van der Waals surface area contributed by atoms with Gasteiger partial charge in [0.15, 0.2) is 5.82 Å². The molecule has 1 aromatic heterocycles. The molecule has 2 aliphatic heterocycles. The molecule has 180 valence electrons. The Morgan fingerprint density at radius 3 is 2.55 bits per heavy atom. The van der Waals surface area contributed by atoms with Crippen molar-refractivity contribution in [3.63, 3.8) is 0 Å². The van der Waals surface area contributed by atoms with Gasteiger partial charge in [0.25, 0.3) is 5.89 Å². The average Bonchev–Trinajstić information content (AvgIpc) is 3.52. The number of benzene rings is 1. The maximum atomic E-state index is 10.8. The standard InChI is InChI=1S/C19H23N5O3.C5H12O/c20-10-15-2-1-14(9-17(15)21-16-5-8-26-11-16)19-22-18(23-27-19)13-3-6-24(12-25)7-4-13;1-5(2,3)6-4/h1-2,9-10,12-13,16,20-21H,3-8,11H2;1-4H3. The Kier molecular flexibility index (Phi) is 8.57. The number of piperidine rings is 1. The van der Waals surface area contributed by atoms with Gasteiger partial charge in [-0.25, -0.2) is 0 Å². The van der Waals surface area contributed by atoms with Crippen LogP contribution in [0.5, 0.6) is 0 Å². The minimum atomic E-state index is 0.0417. The summed E-state index contributed by atoms with van der Waals surface area (Å²) in [6.07, 6.45) is 4.87. The van der Waals surface area contributed by atoms with E-state index in [1.807, 2.05) is 39.0 Å². The van der Waals surface area contributed by atoms with E-state index in [2.05, 4.69) is 15.5 Å². The van der Waals surface area contributed by atoms with Gasteiger partial charge in [0.1, 0.15) is 0 Å². The Morgan fingerprint density at radius 2 is 1.97 bits per heavy atom. The Bertz CT molecular complexity index is 910. The first-order valence-electron chi connectivity index (χ1n) is 11.4. The number of hydrogen-bond acceptors (Lipinski definition) is 8. The Balaban J connectivity index is 0.000000454. The molecule has 2 fully saturated rings. The molecule has 9 nitrogen and oxygen atoms in total. The van der Waals surface area contributed by atoms with E-state index in [1.165, 1.54) is 6.21 Å². The zero-order chi connectivity index (χ0) is 23.8. The third-order valence-corrected chi connectivity index (χ3v) is 5.84. The minimum absolute atomic E-state index is 0.0417. The summed E-state index contributed by atoms with van der Waals surface area (Å²) in [5.41, 5.74) is 2.55. The van der Waals surface area contributed by atoms with E-state index in [9.17, 15) is 4.79 Å². The molecule has 0 spiro atoms. The topological polar surface area (TPSA) is 114 Å². The summed E-state index contributed by atoms with van der Waals surface area (Å²) in [7, 11) is 1.71. The minimum Gasteiger partial charge on any atom is -0.379 e. The van der Waals surface area contributed by atoms with Crippen LogP contribution in [0.1, 0.15) is 57.3 Å². The molecular weight excluding hydrogens is 422 g/mol. The second-order valence-corrected chi connectivity index (χ2v) is 9.34. The van der Waals surface area contributed by atoms with Crippen LogP contribution < -0.4 is 5.32 Å². The monoisotopic (exact) mass is 457 g/mol. The van der Waals surface area contributed by atoms with Gasteiger partial charge in [0.2, 0.25) is 6.41 Å². The largest absolute Gasteiger partial charge is 0.379 e. The highest BCUT2D eigenvalue weighted by molar-refractivity contribution is 5.87. The van der Waals surface area contributed by atoms with Crippen LogP contribution in [0.4, 0.5) is 5.69 Å². The highest BCUT2D eigenvalue weighted by atomic mass is 16.5. The van der Waals surface area contributed by atoms with Gasteiger partial charge < -0.3 is 29.6 Å². The van der Waals surface area contributed by atoms with Crippen molar-refractivity contribution >= 4 is 18.3 Å². The predicted molar refractivity (Wildman–Crippen MR) is 127 cm³/mol. The van der Waals surface area contributed by atoms with Crippen molar-refractivity contribution in [3.05, 3.63) is 29.6 Å². The van der Waals surface area contributed by atoms with Gasteiger partial charge >= 0.3 is 0 Å². The summed E-state index contributed by atoms with van der Waals surface area (Å²) >= 11 is 0. The molecule has 0 radical (unpaired) electrons. The van der Waals surface area contributed by atoms with Crippen LogP contribution in [-0.2, 0) is 14.3 Å². The summed E-state index contributed by atoms with van der Waals surface area (Å²) < 4.78 is 15.9. The number of aromatic nitrogens is 2. The van der Waals surface area contributed by atoms with Crippen molar-refractivity contribution < 1.29 is 18.8 Å². The molecule has 0 aliphatic carbocycles. The van der Waals surface area contributed by atoms with E-state index in [4.69, 9.17) is 19.4 Å². The Hall–Kier alpha value is -2.78. The highest BCUT2D eigenvalue weighted by Crippen LogP contribution is 2.29. The SMILES string of the molecule is COC(C)(C)C.N=Cc1ccc(-c2nc(C3CCN(C=O)CC3)no2)cc1NC1CCOC1. The van der Waals surface area contributed by atoms with Crippen LogP contribution >= 0.6 is 0 Å². The summed E-state index contributed by atoms with van der Waals surface area (Å²) in [6, 6.07) is 5.97. The zero-order valence-corrected chi connectivity index (χ0v) is 20.0. The number of likely N-dealkylation sites (tertiary alicyclic amines) is 1. The fraction of sp³-hybridized carbons (Fsp3) is 0.583. The summed E-state index contributed by atoms with van der Waals surface area (Å²) in [4.78, 5) is 17.2. The van der Waals surface area contributed by atoms with Gasteiger partial charge in [-0.2, -0.15) is 4.98 Å². The fourth-order valence-corrected chi connectivity index (χ4v) is 3.59. The number of carbonyl (C=O) groups is 1. The number of anilines is 1. The molecule has 1 amide bonds. The Labute approximate surface area is 195 Å². The molecular formula is C24H35N5O4. The first-order chi connectivity index (χ1) is 15.8. The van der Waals surface area contributed by atoms with Crippen molar-refractivity contribution in [2.75, 3.05) is 38.7 Å². The quantitative estimate of drug-likeness (QED) is 0.502. The fourth-order valence-electron chi connectivity index (χ4n) is 3.59. The van der Waals surface area contributed by atoms with Crippen LogP contribution in [0.15, 0.2) is 22.7 Å². The number of ether oxygens (including phenoxy) is 2. The van der Waals surface area contributed by atoms with Crippen LogP contribution in [0.2, 0.25) is 0 Å². The molecule has 3 heterocycles. The maximum absolute atomic E-state index is 10.8. The van der Waals surface area contributed by atoms with Crippen molar-refractivity contribution in [3.8, 4) is 11.5 Å². The molecule has 1 aromatic carbocycles. The number of methoxy groups -OCH3 is 1. The normalized spacial score (nSPS) is 19.0. The summed E-state index contributed by atoms with van der Waals surface area (Å²) in [5, 5.41) is 15.2. The number of hydrogen-bond donors (Lipinski definition) is 2. The van der Waals surface area contributed by atoms with Crippen LogP contribution in [-0.4, -0.2) is 72.7 Å². The molecule has 2 saturated heterocycles. The van der Waals surface area contributed by atoms with Gasteiger partial charge in [0.05, 0.1) is 18.2 Å². The Morgan fingerprint density at radius 1 is 1.24 bits per heavy atom. The third-order valence-electron chi connectivity index (χ3n) is 5.84. The molecule has 0 saturated carbocycles. The molecule has 2 aromatic rings. The van der Waals surface area contributed by atoms with Gasteiger partial charge in [0, 0.05) is 55.8 Å². The van der Waals surface area contributed by atoms with E-state index >= 15 is 0 Å². The molecule has 0 bridgehead atoms.